The Balaban J connectivity index is 3.29. The third-order valence-corrected chi connectivity index (χ3v) is 8.03. The Labute approximate surface area is 171 Å². The number of carbonyl (C=O) groups excluding carboxylic acids is 1. The number of unbranched alkanes of at least 4 members (excludes halogenated alkanes) is 15. The Morgan fingerprint density at radius 3 is 1.48 bits per heavy atom. The van der Waals surface area contributed by atoms with E-state index in [1.807, 2.05) is 0 Å². The highest BCUT2D eigenvalue weighted by molar-refractivity contribution is 7.75. The molecule has 160 valence electrons. The van der Waals surface area contributed by atoms with Crippen LogP contribution in [0.3, 0.4) is 0 Å². The van der Waals surface area contributed by atoms with Gasteiger partial charge in [-0.2, -0.15) is 0 Å². The lowest BCUT2D eigenvalue weighted by molar-refractivity contribution is -0.135. The van der Waals surface area contributed by atoms with Crippen molar-refractivity contribution in [2.75, 3.05) is 25.7 Å². The molecule has 0 aliphatic carbocycles. The van der Waals surface area contributed by atoms with Crippen LogP contribution < -0.4 is 0 Å². The maximum absolute atomic E-state index is 11.6. The average Bonchev–Trinajstić information content (AvgIpc) is 2.61. The minimum atomic E-state index is -1.14. The van der Waals surface area contributed by atoms with Crippen molar-refractivity contribution in [3.8, 4) is 0 Å². The number of hydrogen-bond donors (Lipinski definition) is 0. The van der Waals surface area contributed by atoms with Gasteiger partial charge in [0.2, 0.25) is 0 Å². The molecule has 0 aliphatic heterocycles. The highest BCUT2D eigenvalue weighted by Crippen LogP contribution is 2.51. The summed E-state index contributed by atoms with van der Waals surface area (Å²) in [7, 11) is -1.14. The lowest BCUT2D eigenvalue weighted by atomic mass is 10.0. The van der Waals surface area contributed by atoms with Crippen molar-refractivity contribution in [1.29, 1.82) is 0 Å². The molecule has 0 saturated carbocycles. The molecule has 0 saturated heterocycles. The van der Waals surface area contributed by atoms with Crippen LogP contribution in [0.1, 0.15) is 110 Å². The van der Waals surface area contributed by atoms with E-state index in [-0.39, 0.29) is 5.97 Å². The van der Waals surface area contributed by atoms with Gasteiger partial charge in [0, 0.05) is 20.6 Å². The molecule has 0 aromatic carbocycles. The zero-order valence-electron chi connectivity index (χ0n) is 18.8. The van der Waals surface area contributed by atoms with Gasteiger partial charge in [-0.25, -0.2) is 4.79 Å². The maximum Gasteiger partial charge on any atom is 0.348 e. The number of ether oxygens (including phenoxy) is 1. The van der Waals surface area contributed by atoms with Crippen LogP contribution in [-0.2, 0) is 9.53 Å². The summed E-state index contributed by atoms with van der Waals surface area (Å²) >= 11 is 0. The highest BCUT2D eigenvalue weighted by atomic mass is 31.2. The molecular formula is C24H48O2P+. The lowest BCUT2D eigenvalue weighted by Crippen LogP contribution is -2.12. The molecule has 0 radical (unpaired) electrons. The molecule has 0 aromatic heterocycles. The second kappa shape index (κ2) is 19.0. The third-order valence-electron chi connectivity index (χ3n) is 5.39. The summed E-state index contributed by atoms with van der Waals surface area (Å²) in [4.78, 5) is 11.6. The summed E-state index contributed by atoms with van der Waals surface area (Å²) in [6, 6.07) is 0. The second-order valence-corrected chi connectivity index (χ2v) is 13.4. The van der Waals surface area contributed by atoms with E-state index in [1.54, 1.807) is 0 Å². The van der Waals surface area contributed by atoms with Gasteiger partial charge in [0.25, 0.3) is 0 Å². The van der Waals surface area contributed by atoms with E-state index in [0.717, 1.165) is 0 Å². The molecule has 0 N–H and O–H groups in total. The summed E-state index contributed by atoms with van der Waals surface area (Å²) in [6.07, 6.45) is 25.5. The molecule has 2 nitrogen and oxygen atoms in total. The van der Waals surface area contributed by atoms with Gasteiger partial charge in [0.1, 0.15) is 0 Å². The van der Waals surface area contributed by atoms with E-state index in [0.29, 0.717) is 6.16 Å². The van der Waals surface area contributed by atoms with Crippen LogP contribution in [0, 0.1) is 0 Å². The van der Waals surface area contributed by atoms with E-state index >= 15 is 0 Å². The van der Waals surface area contributed by atoms with E-state index in [9.17, 15) is 4.79 Å². The normalized spacial score (nSPS) is 11.5. The number of carbonyl (C=O) groups is 1. The van der Waals surface area contributed by atoms with Gasteiger partial charge < -0.3 is 4.74 Å². The standard InChI is InChI=1S/C24H48O2P/c1-5-7-8-9-10-11-12-13-14-15-16-17-18-19-20-21-22-27(3,4)23-24(25)26-6-2/h6H,2,5,7-23H2,1,3-4H3/q+1. The first-order valence-corrected chi connectivity index (χ1v) is 14.7. The molecule has 0 atom stereocenters. The predicted molar refractivity (Wildman–Crippen MR) is 124 cm³/mol. The van der Waals surface area contributed by atoms with Crippen molar-refractivity contribution in [2.24, 2.45) is 0 Å². The summed E-state index contributed by atoms with van der Waals surface area (Å²) in [5.74, 6) is -0.111. The first-order valence-electron chi connectivity index (χ1n) is 11.6. The molecule has 0 unspecified atom stereocenters. The minimum absolute atomic E-state index is 0.111. The largest absolute Gasteiger partial charge is 0.432 e. The molecule has 0 aliphatic rings. The molecule has 0 spiro atoms. The predicted octanol–water partition coefficient (Wildman–Crippen LogP) is 8.21. The fourth-order valence-electron chi connectivity index (χ4n) is 3.65. The maximum atomic E-state index is 11.6. The summed E-state index contributed by atoms with van der Waals surface area (Å²) < 4.78 is 4.86. The Bertz CT molecular complexity index is 352. The average molecular weight is 400 g/mol. The van der Waals surface area contributed by atoms with E-state index in [2.05, 4.69) is 26.8 Å². The van der Waals surface area contributed by atoms with Crippen LogP contribution in [0.15, 0.2) is 12.8 Å². The van der Waals surface area contributed by atoms with Crippen molar-refractivity contribution < 1.29 is 9.53 Å². The molecule has 0 bridgehead atoms. The fourth-order valence-corrected chi connectivity index (χ4v) is 5.66. The topological polar surface area (TPSA) is 26.3 Å². The highest BCUT2D eigenvalue weighted by Gasteiger charge is 2.28. The van der Waals surface area contributed by atoms with E-state index < -0.39 is 7.26 Å². The SMILES string of the molecule is C=COC(=O)C[P+](C)(C)CCCCCCCCCCCCCCCCCC. The lowest BCUT2D eigenvalue weighted by Gasteiger charge is -2.16. The second-order valence-electron chi connectivity index (χ2n) is 8.78. The van der Waals surface area contributed by atoms with Crippen LogP contribution >= 0.6 is 7.26 Å². The fraction of sp³-hybridized carbons (Fsp3) is 0.875. The van der Waals surface area contributed by atoms with Gasteiger partial charge in [0.05, 0.1) is 12.4 Å². The molecule has 3 heteroatoms. The van der Waals surface area contributed by atoms with E-state index in [1.165, 1.54) is 115 Å². The zero-order chi connectivity index (χ0) is 20.2. The van der Waals surface area contributed by atoms with Gasteiger partial charge in [-0.1, -0.05) is 103 Å². The van der Waals surface area contributed by atoms with E-state index in [4.69, 9.17) is 4.74 Å². The molecule has 27 heavy (non-hydrogen) atoms. The number of rotatable bonds is 20. The Morgan fingerprint density at radius 2 is 1.11 bits per heavy atom. The summed E-state index contributed by atoms with van der Waals surface area (Å²) in [5, 5.41) is 0. The van der Waals surface area contributed by atoms with Crippen LogP contribution in [0.4, 0.5) is 0 Å². The Morgan fingerprint density at radius 1 is 0.741 bits per heavy atom. The van der Waals surface area contributed by atoms with Crippen molar-refractivity contribution in [3.63, 3.8) is 0 Å². The molecular weight excluding hydrogens is 351 g/mol. The monoisotopic (exact) mass is 399 g/mol. The smallest absolute Gasteiger partial charge is 0.348 e. The van der Waals surface area contributed by atoms with Gasteiger partial charge in [-0.3, -0.25) is 0 Å². The number of esters is 1. The molecule has 0 rings (SSSR count). The van der Waals surface area contributed by atoms with Crippen molar-refractivity contribution in [2.45, 2.75) is 110 Å². The van der Waals surface area contributed by atoms with Crippen molar-refractivity contribution in [3.05, 3.63) is 12.8 Å². The summed E-state index contributed by atoms with van der Waals surface area (Å²) in [6.45, 7) is 10.3. The first kappa shape index (κ1) is 26.6. The van der Waals surface area contributed by atoms with Crippen LogP contribution in [0.5, 0.6) is 0 Å². The third kappa shape index (κ3) is 20.2. The van der Waals surface area contributed by atoms with Crippen molar-refractivity contribution >= 4 is 13.2 Å². The van der Waals surface area contributed by atoms with Crippen molar-refractivity contribution in [1.82, 2.24) is 0 Å². The minimum Gasteiger partial charge on any atom is -0.432 e. The van der Waals surface area contributed by atoms with Gasteiger partial charge in [-0.15, -0.1) is 0 Å². The molecule has 0 aromatic rings. The summed E-state index contributed by atoms with van der Waals surface area (Å²) in [5.41, 5.74) is 0. The number of hydrogen-bond acceptors (Lipinski definition) is 2. The molecule has 0 heterocycles. The molecule has 0 fully saturated rings. The van der Waals surface area contributed by atoms with Crippen LogP contribution in [0.25, 0.3) is 0 Å². The Hall–Kier alpha value is -0.360. The van der Waals surface area contributed by atoms with Gasteiger partial charge in [0.15, 0.2) is 6.16 Å². The quantitative estimate of drug-likeness (QED) is 0.0892. The Kier molecular flexibility index (Phi) is 18.7. The van der Waals surface area contributed by atoms with Crippen LogP contribution in [0.2, 0.25) is 0 Å². The first-order chi connectivity index (χ1) is 13.0. The van der Waals surface area contributed by atoms with Gasteiger partial charge >= 0.3 is 5.97 Å². The van der Waals surface area contributed by atoms with Gasteiger partial charge in [-0.05, 0) is 12.8 Å². The van der Waals surface area contributed by atoms with Crippen LogP contribution in [-0.4, -0.2) is 31.6 Å². The molecule has 0 amide bonds. The zero-order valence-corrected chi connectivity index (χ0v) is 19.7.